The zero-order chi connectivity index (χ0) is 13.4. The van der Waals surface area contributed by atoms with Gasteiger partial charge in [-0.2, -0.15) is 8.42 Å². The molecule has 0 radical (unpaired) electrons. The molecule has 1 N–H and O–H groups in total. The number of aliphatic hydroxyl groups excluding tert-OH is 1. The molecule has 18 heavy (non-hydrogen) atoms. The van der Waals surface area contributed by atoms with Gasteiger partial charge in [-0.05, 0) is 18.6 Å². The molecule has 0 saturated carbocycles. The van der Waals surface area contributed by atoms with Gasteiger partial charge in [0.05, 0.1) is 17.6 Å². The van der Waals surface area contributed by atoms with E-state index in [0.29, 0.717) is 6.42 Å². The van der Waals surface area contributed by atoms with Crippen molar-refractivity contribution in [2.75, 3.05) is 6.61 Å². The normalized spacial score (nSPS) is 13.4. The summed E-state index contributed by atoms with van der Waals surface area (Å²) in [5.74, 6) is 0. The lowest BCUT2D eigenvalue weighted by atomic mass is 10.1. The van der Waals surface area contributed by atoms with Gasteiger partial charge in [0.2, 0.25) is 0 Å². The van der Waals surface area contributed by atoms with Crippen LogP contribution in [0.1, 0.15) is 32.6 Å². The molecule has 1 atom stereocenters. The Bertz CT molecular complexity index is 428. The predicted molar refractivity (Wildman–Crippen MR) is 69.7 cm³/mol. The second-order valence-electron chi connectivity index (χ2n) is 4.20. The summed E-state index contributed by atoms with van der Waals surface area (Å²) in [4.78, 5) is 0.116. The minimum atomic E-state index is -3.75. The number of aliphatic hydroxyl groups is 1. The summed E-state index contributed by atoms with van der Waals surface area (Å²) in [6, 6.07) is 7.94. The number of benzene rings is 1. The smallest absolute Gasteiger partial charge is 0.297 e. The van der Waals surface area contributed by atoms with Gasteiger partial charge in [0, 0.05) is 0 Å². The molecule has 0 aromatic heterocycles. The fourth-order valence-corrected chi connectivity index (χ4v) is 2.50. The van der Waals surface area contributed by atoms with Crippen LogP contribution < -0.4 is 0 Å². The molecule has 102 valence electrons. The average molecular weight is 272 g/mol. The molecule has 1 rings (SSSR count). The fraction of sp³-hybridized carbons (Fsp3) is 0.538. The molecule has 0 fully saturated rings. The maximum absolute atomic E-state index is 11.7. The van der Waals surface area contributed by atoms with E-state index in [1.165, 1.54) is 12.1 Å². The maximum Gasteiger partial charge on any atom is 0.297 e. The summed E-state index contributed by atoms with van der Waals surface area (Å²) < 4.78 is 28.3. The van der Waals surface area contributed by atoms with Gasteiger partial charge in [-0.3, -0.25) is 4.18 Å². The first kappa shape index (κ1) is 15.1. The molecule has 5 heteroatoms. The van der Waals surface area contributed by atoms with Crippen LogP contribution in [0, 0.1) is 0 Å². The topological polar surface area (TPSA) is 63.6 Å². The zero-order valence-corrected chi connectivity index (χ0v) is 11.4. The van der Waals surface area contributed by atoms with E-state index in [1.54, 1.807) is 18.2 Å². The molecular weight excluding hydrogens is 252 g/mol. The Morgan fingerprint density at radius 3 is 2.50 bits per heavy atom. The summed E-state index contributed by atoms with van der Waals surface area (Å²) in [5.41, 5.74) is 0. The number of hydrogen-bond donors (Lipinski definition) is 1. The van der Waals surface area contributed by atoms with Gasteiger partial charge in [-0.15, -0.1) is 0 Å². The van der Waals surface area contributed by atoms with E-state index in [-0.39, 0.29) is 11.5 Å². The minimum Gasteiger partial charge on any atom is -0.391 e. The first-order chi connectivity index (χ1) is 8.56. The highest BCUT2D eigenvalue weighted by atomic mass is 32.2. The van der Waals surface area contributed by atoms with Gasteiger partial charge in [0.15, 0.2) is 0 Å². The molecule has 0 unspecified atom stereocenters. The van der Waals surface area contributed by atoms with Crippen molar-refractivity contribution in [1.82, 2.24) is 0 Å². The van der Waals surface area contributed by atoms with Gasteiger partial charge in [0.25, 0.3) is 10.1 Å². The highest BCUT2D eigenvalue weighted by molar-refractivity contribution is 7.86. The Morgan fingerprint density at radius 2 is 1.89 bits per heavy atom. The van der Waals surface area contributed by atoms with Crippen molar-refractivity contribution in [2.45, 2.75) is 43.6 Å². The van der Waals surface area contributed by atoms with E-state index in [4.69, 9.17) is 4.18 Å². The number of unbranched alkanes of at least 4 members (excludes halogenated alkanes) is 2. The summed E-state index contributed by atoms with van der Waals surface area (Å²) in [6.45, 7) is 1.89. The van der Waals surface area contributed by atoms with Crippen LogP contribution in [0.15, 0.2) is 35.2 Å². The maximum atomic E-state index is 11.7. The molecule has 0 heterocycles. The first-order valence-corrected chi connectivity index (χ1v) is 7.59. The Kier molecular flexibility index (Phi) is 6.32. The van der Waals surface area contributed by atoms with Crippen LogP contribution in [0.5, 0.6) is 0 Å². The standard InChI is InChI=1S/C13H20O4S/c1-2-3-5-8-12(14)11-17-18(15,16)13-9-6-4-7-10-13/h4,6-7,9-10,12,14H,2-3,5,8,11H2,1H3/t12-/m0/s1. The van der Waals surface area contributed by atoms with Crippen molar-refractivity contribution in [3.8, 4) is 0 Å². The molecule has 0 bridgehead atoms. The van der Waals surface area contributed by atoms with Gasteiger partial charge in [-0.1, -0.05) is 44.4 Å². The van der Waals surface area contributed by atoms with Crippen molar-refractivity contribution in [1.29, 1.82) is 0 Å². The Hall–Kier alpha value is -0.910. The van der Waals surface area contributed by atoms with Crippen molar-refractivity contribution < 1.29 is 17.7 Å². The van der Waals surface area contributed by atoms with Crippen LogP contribution in [-0.4, -0.2) is 26.2 Å². The second-order valence-corrected chi connectivity index (χ2v) is 5.82. The van der Waals surface area contributed by atoms with Gasteiger partial charge >= 0.3 is 0 Å². The van der Waals surface area contributed by atoms with Crippen LogP contribution >= 0.6 is 0 Å². The van der Waals surface area contributed by atoms with E-state index in [0.717, 1.165) is 19.3 Å². The highest BCUT2D eigenvalue weighted by Gasteiger charge is 2.16. The third-order valence-electron chi connectivity index (χ3n) is 2.59. The third-order valence-corrected chi connectivity index (χ3v) is 3.88. The monoisotopic (exact) mass is 272 g/mol. The average Bonchev–Trinajstić information content (AvgIpc) is 2.38. The zero-order valence-electron chi connectivity index (χ0n) is 10.6. The quantitative estimate of drug-likeness (QED) is 0.583. The molecule has 0 amide bonds. The molecule has 0 aliphatic heterocycles. The van der Waals surface area contributed by atoms with Crippen LogP contribution in [0.25, 0.3) is 0 Å². The summed E-state index contributed by atoms with van der Waals surface area (Å²) in [6.07, 6.45) is 2.82. The van der Waals surface area contributed by atoms with Crippen molar-refractivity contribution in [2.24, 2.45) is 0 Å². The third kappa shape index (κ3) is 5.16. The highest BCUT2D eigenvalue weighted by Crippen LogP contribution is 2.12. The number of hydrogen-bond acceptors (Lipinski definition) is 4. The summed E-state index contributed by atoms with van der Waals surface area (Å²) in [5, 5.41) is 9.60. The van der Waals surface area contributed by atoms with Crippen LogP contribution in [-0.2, 0) is 14.3 Å². The second kappa shape index (κ2) is 7.51. The van der Waals surface area contributed by atoms with Crippen molar-refractivity contribution in [3.05, 3.63) is 30.3 Å². The largest absolute Gasteiger partial charge is 0.391 e. The van der Waals surface area contributed by atoms with E-state index >= 15 is 0 Å². The molecule has 1 aromatic carbocycles. The lowest BCUT2D eigenvalue weighted by molar-refractivity contribution is 0.100. The van der Waals surface area contributed by atoms with E-state index in [2.05, 4.69) is 6.92 Å². The van der Waals surface area contributed by atoms with E-state index in [9.17, 15) is 13.5 Å². The Morgan fingerprint density at radius 1 is 1.22 bits per heavy atom. The lowest BCUT2D eigenvalue weighted by Gasteiger charge is -2.11. The SMILES string of the molecule is CCCCC[C@H](O)COS(=O)(=O)c1ccccc1. The fourth-order valence-electron chi connectivity index (χ4n) is 1.54. The minimum absolute atomic E-state index is 0.116. The van der Waals surface area contributed by atoms with Crippen molar-refractivity contribution >= 4 is 10.1 Å². The molecule has 0 saturated heterocycles. The first-order valence-electron chi connectivity index (χ1n) is 6.19. The summed E-state index contributed by atoms with van der Waals surface area (Å²) in [7, 11) is -3.75. The molecule has 1 aromatic rings. The molecular formula is C13H20O4S. The molecule has 4 nitrogen and oxygen atoms in total. The van der Waals surface area contributed by atoms with Gasteiger partial charge in [0.1, 0.15) is 0 Å². The molecule has 0 aliphatic rings. The van der Waals surface area contributed by atoms with Crippen LogP contribution in [0.3, 0.4) is 0 Å². The molecule has 0 aliphatic carbocycles. The predicted octanol–water partition coefficient (Wildman–Crippen LogP) is 2.33. The number of rotatable bonds is 8. The molecule has 0 spiro atoms. The lowest BCUT2D eigenvalue weighted by Crippen LogP contribution is -2.18. The van der Waals surface area contributed by atoms with Crippen molar-refractivity contribution in [3.63, 3.8) is 0 Å². The van der Waals surface area contributed by atoms with Gasteiger partial charge < -0.3 is 5.11 Å². The van der Waals surface area contributed by atoms with E-state index < -0.39 is 16.2 Å². The summed E-state index contributed by atoms with van der Waals surface area (Å²) >= 11 is 0. The van der Waals surface area contributed by atoms with E-state index in [1.807, 2.05) is 0 Å². The van der Waals surface area contributed by atoms with Crippen LogP contribution in [0.4, 0.5) is 0 Å². The Balaban J connectivity index is 2.43. The Labute approximate surface area is 109 Å². The van der Waals surface area contributed by atoms with Crippen LogP contribution in [0.2, 0.25) is 0 Å². The van der Waals surface area contributed by atoms with Gasteiger partial charge in [-0.25, -0.2) is 0 Å².